The van der Waals surface area contributed by atoms with E-state index in [1.165, 1.54) is 11.8 Å². The van der Waals surface area contributed by atoms with Crippen LogP contribution in [0.1, 0.15) is 20.3 Å². The van der Waals surface area contributed by atoms with Gasteiger partial charge >= 0.3 is 5.97 Å². The number of ether oxygens (including phenoxy) is 2. The van der Waals surface area contributed by atoms with Crippen molar-refractivity contribution in [3.63, 3.8) is 0 Å². The van der Waals surface area contributed by atoms with Crippen molar-refractivity contribution in [1.29, 1.82) is 5.26 Å². The smallest absolute Gasteiger partial charge is 0.344 e. The summed E-state index contributed by atoms with van der Waals surface area (Å²) in [6, 6.07) is 2.18. The summed E-state index contributed by atoms with van der Waals surface area (Å²) in [7, 11) is 0. The minimum Gasteiger partial charge on any atom is -0.462 e. The van der Waals surface area contributed by atoms with Crippen molar-refractivity contribution in [1.82, 2.24) is 4.90 Å². The number of nitriles is 1. The fourth-order valence-electron chi connectivity index (χ4n) is 2.70. The van der Waals surface area contributed by atoms with Crippen LogP contribution in [0.2, 0.25) is 0 Å². The number of carbonyl (C=O) groups is 2. The number of hydrogen-bond acceptors (Lipinski definition) is 6. The maximum atomic E-state index is 12.9. The standard InChI is InChI=1S/C15H20N2O4S/c1-3-21-13(18)12-11(2)15(10-16,4-9-22-12)14(19)17-5-7-20-8-6-17/h3-9H2,1-2H3. The summed E-state index contributed by atoms with van der Waals surface area (Å²) in [6.07, 6.45) is 0.416. The van der Waals surface area contributed by atoms with Gasteiger partial charge in [-0.1, -0.05) is 0 Å². The van der Waals surface area contributed by atoms with Crippen molar-refractivity contribution in [3.05, 3.63) is 10.5 Å². The minimum absolute atomic E-state index is 0.224. The SMILES string of the molecule is CCOC(=O)C1=C(C)C(C#N)(C(=O)N2CCOCC2)CCS1. The van der Waals surface area contributed by atoms with Crippen LogP contribution in [0, 0.1) is 16.7 Å². The lowest BCUT2D eigenvalue weighted by Gasteiger charge is -2.37. The van der Waals surface area contributed by atoms with E-state index < -0.39 is 11.4 Å². The first-order valence-corrected chi connectivity index (χ1v) is 8.35. The van der Waals surface area contributed by atoms with Crippen molar-refractivity contribution in [2.75, 3.05) is 38.7 Å². The van der Waals surface area contributed by atoms with Gasteiger partial charge in [0.25, 0.3) is 0 Å². The zero-order valence-corrected chi connectivity index (χ0v) is 13.7. The highest BCUT2D eigenvalue weighted by molar-refractivity contribution is 8.04. The van der Waals surface area contributed by atoms with Crippen LogP contribution < -0.4 is 0 Å². The first kappa shape index (κ1) is 16.8. The maximum absolute atomic E-state index is 12.9. The van der Waals surface area contributed by atoms with Gasteiger partial charge in [-0.25, -0.2) is 4.79 Å². The molecule has 0 saturated carbocycles. The van der Waals surface area contributed by atoms with E-state index in [2.05, 4.69) is 6.07 Å². The largest absolute Gasteiger partial charge is 0.462 e. The van der Waals surface area contributed by atoms with E-state index in [0.29, 0.717) is 49.0 Å². The fourth-order valence-corrected chi connectivity index (χ4v) is 3.88. The summed E-state index contributed by atoms with van der Waals surface area (Å²) in [5.41, 5.74) is -0.744. The molecule has 6 nitrogen and oxygen atoms in total. The first-order valence-electron chi connectivity index (χ1n) is 7.36. The molecule has 0 aromatic heterocycles. The third kappa shape index (κ3) is 2.99. The summed E-state index contributed by atoms with van der Waals surface area (Å²) in [6.45, 7) is 5.63. The Morgan fingerprint density at radius 3 is 2.73 bits per heavy atom. The monoisotopic (exact) mass is 324 g/mol. The highest BCUT2D eigenvalue weighted by atomic mass is 32.2. The van der Waals surface area contributed by atoms with Gasteiger partial charge in [-0.2, -0.15) is 5.26 Å². The Balaban J connectivity index is 2.35. The molecule has 0 bridgehead atoms. The van der Waals surface area contributed by atoms with E-state index in [1.54, 1.807) is 18.7 Å². The second-order valence-corrected chi connectivity index (χ2v) is 6.30. The molecule has 2 aliphatic heterocycles. The van der Waals surface area contributed by atoms with Crippen molar-refractivity contribution in [3.8, 4) is 6.07 Å². The zero-order valence-electron chi connectivity index (χ0n) is 12.9. The zero-order chi connectivity index (χ0) is 16.2. The van der Waals surface area contributed by atoms with E-state index >= 15 is 0 Å². The lowest BCUT2D eigenvalue weighted by molar-refractivity contribution is -0.141. The van der Waals surface area contributed by atoms with Gasteiger partial charge in [0.1, 0.15) is 0 Å². The van der Waals surface area contributed by atoms with E-state index in [-0.39, 0.29) is 12.5 Å². The predicted molar refractivity (Wildman–Crippen MR) is 81.9 cm³/mol. The van der Waals surface area contributed by atoms with Crippen LogP contribution >= 0.6 is 11.8 Å². The number of thioether (sulfide) groups is 1. The van der Waals surface area contributed by atoms with Crippen LogP contribution in [-0.2, 0) is 19.1 Å². The quantitative estimate of drug-likeness (QED) is 0.729. The van der Waals surface area contributed by atoms with Crippen LogP contribution in [0.4, 0.5) is 0 Å². The van der Waals surface area contributed by atoms with Gasteiger partial charge < -0.3 is 14.4 Å². The molecule has 2 heterocycles. The van der Waals surface area contributed by atoms with Crippen molar-refractivity contribution >= 4 is 23.6 Å². The second kappa shape index (κ2) is 7.16. The topological polar surface area (TPSA) is 79.6 Å². The second-order valence-electron chi connectivity index (χ2n) is 5.19. The van der Waals surface area contributed by atoms with Crippen LogP contribution in [0.5, 0.6) is 0 Å². The molecule has 0 spiro atoms. The summed E-state index contributed by atoms with van der Waals surface area (Å²) in [5.74, 6) is -0.119. The lowest BCUT2D eigenvalue weighted by atomic mass is 9.77. The van der Waals surface area contributed by atoms with E-state index in [0.717, 1.165) is 0 Å². The van der Waals surface area contributed by atoms with Crippen LogP contribution in [0.15, 0.2) is 10.5 Å². The minimum atomic E-state index is -1.26. The predicted octanol–water partition coefficient (Wildman–Crippen LogP) is 1.33. The van der Waals surface area contributed by atoms with Gasteiger partial charge in [0, 0.05) is 18.8 Å². The molecule has 2 aliphatic rings. The van der Waals surface area contributed by atoms with Gasteiger partial charge in [-0.3, -0.25) is 4.79 Å². The van der Waals surface area contributed by atoms with Crippen LogP contribution in [-0.4, -0.2) is 55.4 Å². The Hall–Kier alpha value is -1.52. The molecule has 1 atom stereocenters. The first-order chi connectivity index (χ1) is 10.6. The Kier molecular flexibility index (Phi) is 5.48. The van der Waals surface area contributed by atoms with Gasteiger partial charge in [0.05, 0.1) is 30.8 Å². The van der Waals surface area contributed by atoms with E-state index in [1.807, 2.05) is 0 Å². The maximum Gasteiger partial charge on any atom is 0.344 e. The van der Waals surface area contributed by atoms with Gasteiger partial charge in [0.15, 0.2) is 5.41 Å². The lowest BCUT2D eigenvalue weighted by Crippen LogP contribution is -2.50. The molecular weight excluding hydrogens is 304 g/mol. The third-order valence-electron chi connectivity index (χ3n) is 4.02. The van der Waals surface area contributed by atoms with Gasteiger partial charge in [0.2, 0.25) is 5.91 Å². The molecule has 1 fully saturated rings. The molecule has 1 unspecified atom stereocenters. The molecule has 1 saturated heterocycles. The van der Waals surface area contributed by atoms with Gasteiger partial charge in [-0.15, -0.1) is 11.8 Å². The van der Waals surface area contributed by atoms with Crippen molar-refractivity contribution in [2.24, 2.45) is 5.41 Å². The number of carbonyl (C=O) groups excluding carboxylic acids is 2. The highest BCUT2D eigenvalue weighted by Gasteiger charge is 2.47. The molecule has 0 radical (unpaired) electrons. The Morgan fingerprint density at radius 1 is 1.45 bits per heavy atom. The molecule has 120 valence electrons. The molecule has 22 heavy (non-hydrogen) atoms. The third-order valence-corrected chi connectivity index (χ3v) is 5.19. The summed E-state index contributed by atoms with van der Waals surface area (Å²) >= 11 is 1.36. The molecule has 0 aromatic carbocycles. The number of amides is 1. The van der Waals surface area contributed by atoms with E-state index in [4.69, 9.17) is 9.47 Å². The molecule has 2 rings (SSSR count). The molecule has 7 heteroatoms. The number of morpholine rings is 1. The Morgan fingerprint density at radius 2 is 2.14 bits per heavy atom. The van der Waals surface area contributed by atoms with Crippen molar-refractivity contribution in [2.45, 2.75) is 20.3 Å². The van der Waals surface area contributed by atoms with E-state index in [9.17, 15) is 14.9 Å². The van der Waals surface area contributed by atoms with Crippen LogP contribution in [0.3, 0.4) is 0 Å². The molecule has 0 N–H and O–H groups in total. The number of nitrogens with zero attached hydrogens (tertiary/aromatic N) is 2. The Bertz CT molecular complexity index is 534. The highest BCUT2D eigenvalue weighted by Crippen LogP contribution is 2.44. The summed E-state index contributed by atoms with van der Waals surface area (Å²) < 4.78 is 10.3. The van der Waals surface area contributed by atoms with Crippen LogP contribution in [0.25, 0.3) is 0 Å². The van der Waals surface area contributed by atoms with Crippen molar-refractivity contribution < 1.29 is 19.1 Å². The number of esters is 1. The number of hydrogen-bond donors (Lipinski definition) is 0. The average molecular weight is 324 g/mol. The summed E-state index contributed by atoms with van der Waals surface area (Å²) in [4.78, 5) is 27.0. The molecule has 1 amide bonds. The average Bonchev–Trinajstić information content (AvgIpc) is 2.55. The normalized spacial score (nSPS) is 25.6. The number of rotatable bonds is 3. The fraction of sp³-hybridized carbons (Fsp3) is 0.667. The Labute approximate surface area is 134 Å². The molecule has 0 aliphatic carbocycles. The molecular formula is C15H20N2O4S. The van der Waals surface area contributed by atoms with Gasteiger partial charge in [-0.05, 0) is 25.8 Å². The molecule has 0 aromatic rings. The summed E-state index contributed by atoms with van der Waals surface area (Å²) in [5, 5.41) is 9.72.